The normalized spacial score (nSPS) is 11.2. The molecule has 0 fully saturated rings. The SMILES string of the molecule is CC(C)c1ccccc1S(=O)(=O)[O-].O=S(=O)(O)c1ccccc1.[Na+]. The molecule has 0 amide bonds. The Bertz CT molecular complexity index is 847. The maximum Gasteiger partial charge on any atom is 1.00 e. The van der Waals surface area contributed by atoms with Crippen molar-refractivity contribution >= 4 is 20.2 Å². The summed E-state index contributed by atoms with van der Waals surface area (Å²) >= 11 is 0. The van der Waals surface area contributed by atoms with Gasteiger partial charge >= 0.3 is 29.6 Å². The summed E-state index contributed by atoms with van der Waals surface area (Å²) in [5, 5.41) is 0. The van der Waals surface area contributed by atoms with Gasteiger partial charge in [-0.2, -0.15) is 8.42 Å². The predicted molar refractivity (Wildman–Crippen MR) is 84.8 cm³/mol. The monoisotopic (exact) mass is 380 g/mol. The van der Waals surface area contributed by atoms with Crippen LogP contribution < -0.4 is 29.6 Å². The molecule has 0 saturated carbocycles. The van der Waals surface area contributed by atoms with E-state index in [0.717, 1.165) is 0 Å². The maximum atomic E-state index is 10.8. The molecule has 2 aromatic carbocycles. The van der Waals surface area contributed by atoms with Gasteiger partial charge in [0.25, 0.3) is 10.1 Å². The molecular formula is C15H17NaO6S2. The van der Waals surface area contributed by atoms with Crippen LogP contribution in [0.3, 0.4) is 0 Å². The molecule has 0 aliphatic heterocycles. The van der Waals surface area contributed by atoms with Crippen molar-refractivity contribution in [3.05, 3.63) is 60.2 Å². The van der Waals surface area contributed by atoms with E-state index in [9.17, 15) is 21.4 Å². The molecule has 0 spiro atoms. The van der Waals surface area contributed by atoms with Crippen LogP contribution in [0.4, 0.5) is 0 Å². The third-order valence-corrected chi connectivity index (χ3v) is 4.63. The molecule has 0 aromatic heterocycles. The van der Waals surface area contributed by atoms with Crippen LogP contribution in [0.1, 0.15) is 25.3 Å². The average Bonchev–Trinajstić information content (AvgIpc) is 2.47. The fourth-order valence-electron chi connectivity index (χ4n) is 1.78. The van der Waals surface area contributed by atoms with Crippen molar-refractivity contribution in [1.82, 2.24) is 0 Å². The van der Waals surface area contributed by atoms with Crippen molar-refractivity contribution in [2.75, 3.05) is 0 Å². The molecule has 126 valence electrons. The third kappa shape index (κ3) is 7.43. The molecule has 0 heterocycles. The molecular weight excluding hydrogens is 363 g/mol. The molecule has 2 rings (SSSR count). The van der Waals surface area contributed by atoms with Gasteiger partial charge in [0.2, 0.25) is 0 Å². The molecule has 0 aliphatic carbocycles. The molecule has 9 heteroatoms. The number of hydrogen-bond donors (Lipinski definition) is 1. The van der Waals surface area contributed by atoms with Gasteiger partial charge in [0, 0.05) is 0 Å². The van der Waals surface area contributed by atoms with Crippen molar-refractivity contribution < 1.29 is 55.5 Å². The molecule has 0 aliphatic rings. The minimum Gasteiger partial charge on any atom is -0.744 e. The van der Waals surface area contributed by atoms with E-state index < -0.39 is 20.2 Å². The van der Waals surface area contributed by atoms with Gasteiger partial charge in [-0.3, -0.25) is 4.55 Å². The first-order valence-corrected chi connectivity index (χ1v) is 9.45. The number of hydrogen-bond acceptors (Lipinski definition) is 5. The van der Waals surface area contributed by atoms with E-state index in [1.54, 1.807) is 36.4 Å². The van der Waals surface area contributed by atoms with Crippen LogP contribution in [0.15, 0.2) is 64.4 Å². The third-order valence-electron chi connectivity index (χ3n) is 2.85. The Labute approximate surface area is 164 Å². The Morgan fingerprint density at radius 3 is 1.67 bits per heavy atom. The Hall–Kier alpha value is -0.740. The van der Waals surface area contributed by atoms with Crippen LogP contribution in [0.5, 0.6) is 0 Å². The van der Waals surface area contributed by atoms with Gasteiger partial charge in [0.15, 0.2) is 0 Å². The second-order valence-corrected chi connectivity index (χ2v) is 7.70. The Balaban J connectivity index is 0.000000436. The summed E-state index contributed by atoms with van der Waals surface area (Å²) in [5.74, 6) is 0.0416. The van der Waals surface area contributed by atoms with Gasteiger partial charge in [-0.05, 0) is 29.7 Å². The predicted octanol–water partition coefficient (Wildman–Crippen LogP) is -0.349. The van der Waals surface area contributed by atoms with Crippen molar-refractivity contribution in [3.63, 3.8) is 0 Å². The first-order chi connectivity index (χ1) is 10.5. The first kappa shape index (κ1) is 23.3. The molecule has 0 saturated heterocycles. The van der Waals surface area contributed by atoms with Crippen LogP contribution >= 0.6 is 0 Å². The number of benzene rings is 2. The van der Waals surface area contributed by atoms with Gasteiger partial charge in [-0.1, -0.05) is 50.2 Å². The second-order valence-electron chi connectivity index (χ2n) is 4.93. The minimum absolute atomic E-state index is 0. The van der Waals surface area contributed by atoms with Crippen LogP contribution in [-0.2, 0) is 20.2 Å². The van der Waals surface area contributed by atoms with E-state index in [-0.39, 0.29) is 45.3 Å². The van der Waals surface area contributed by atoms with Crippen LogP contribution in [0.25, 0.3) is 0 Å². The van der Waals surface area contributed by atoms with Crippen LogP contribution in [0.2, 0.25) is 0 Å². The Kier molecular flexibility index (Phi) is 9.37. The van der Waals surface area contributed by atoms with Crippen molar-refractivity contribution in [2.45, 2.75) is 29.6 Å². The molecule has 6 nitrogen and oxygen atoms in total. The van der Waals surface area contributed by atoms with Gasteiger partial charge in [0.1, 0.15) is 10.1 Å². The zero-order valence-corrected chi connectivity index (χ0v) is 17.2. The molecule has 2 aromatic rings. The Morgan fingerprint density at radius 2 is 1.33 bits per heavy atom. The summed E-state index contributed by atoms with van der Waals surface area (Å²) in [4.78, 5) is -0.181. The van der Waals surface area contributed by atoms with Gasteiger partial charge in [-0.25, -0.2) is 8.42 Å². The average molecular weight is 380 g/mol. The van der Waals surface area contributed by atoms with Crippen LogP contribution in [-0.4, -0.2) is 25.9 Å². The fourth-order valence-corrected chi connectivity index (χ4v) is 3.12. The largest absolute Gasteiger partial charge is 1.00 e. The first-order valence-electron chi connectivity index (χ1n) is 6.61. The molecule has 0 bridgehead atoms. The summed E-state index contributed by atoms with van der Waals surface area (Å²) in [6.45, 7) is 3.70. The minimum atomic E-state index is -4.33. The summed E-state index contributed by atoms with van der Waals surface area (Å²) in [6.07, 6.45) is 0. The van der Waals surface area contributed by atoms with E-state index in [2.05, 4.69) is 0 Å². The zero-order chi connectivity index (χ0) is 17.7. The summed E-state index contributed by atoms with van der Waals surface area (Å²) in [5.41, 5.74) is 0.581. The second kappa shape index (κ2) is 9.67. The van der Waals surface area contributed by atoms with Crippen molar-refractivity contribution in [2.24, 2.45) is 0 Å². The van der Waals surface area contributed by atoms with Crippen LogP contribution in [0, 0.1) is 0 Å². The molecule has 1 N–H and O–H groups in total. The van der Waals surface area contributed by atoms with E-state index in [1.807, 2.05) is 13.8 Å². The molecule has 0 unspecified atom stereocenters. The smallest absolute Gasteiger partial charge is 0.744 e. The van der Waals surface area contributed by atoms with Gasteiger partial charge < -0.3 is 4.55 Å². The van der Waals surface area contributed by atoms with Crippen molar-refractivity contribution in [3.8, 4) is 0 Å². The molecule has 24 heavy (non-hydrogen) atoms. The van der Waals surface area contributed by atoms with E-state index in [4.69, 9.17) is 4.55 Å². The summed E-state index contributed by atoms with van der Waals surface area (Å²) in [6, 6.07) is 13.7. The quantitative estimate of drug-likeness (QED) is 0.576. The van der Waals surface area contributed by atoms with E-state index in [0.29, 0.717) is 5.56 Å². The summed E-state index contributed by atoms with van der Waals surface area (Å²) < 4.78 is 61.6. The number of rotatable bonds is 3. The maximum absolute atomic E-state index is 10.8. The molecule has 0 radical (unpaired) electrons. The topological polar surface area (TPSA) is 112 Å². The van der Waals surface area contributed by atoms with Gasteiger partial charge in [0.05, 0.1) is 9.79 Å². The van der Waals surface area contributed by atoms with E-state index >= 15 is 0 Å². The summed E-state index contributed by atoms with van der Waals surface area (Å²) in [7, 11) is -8.33. The van der Waals surface area contributed by atoms with Gasteiger partial charge in [-0.15, -0.1) is 0 Å². The zero-order valence-electron chi connectivity index (χ0n) is 13.6. The van der Waals surface area contributed by atoms with Crippen molar-refractivity contribution in [1.29, 1.82) is 0 Å². The standard InChI is InChI=1S/C9H12O3S.C6H6O3S.Na/c1-7(2)8-5-3-4-6-9(8)13(10,11)12;7-10(8,9)6-4-2-1-3-5-6;/h3-7H,1-2H3,(H,10,11,12);1-5H,(H,7,8,9);/q;;+1/p-1. The molecule has 0 atom stereocenters. The van der Waals surface area contributed by atoms with E-state index in [1.165, 1.54) is 18.2 Å². The fraction of sp³-hybridized carbons (Fsp3) is 0.200. The Morgan fingerprint density at radius 1 is 0.875 bits per heavy atom.